The fraction of sp³-hybridized carbons (Fsp3) is 0.722. The first-order valence-corrected chi connectivity index (χ1v) is 8.49. The van der Waals surface area contributed by atoms with Gasteiger partial charge in [-0.25, -0.2) is 4.98 Å². The standard InChI is InChI=1S/C18H32N2O/c1-5-8-17-12-16(14-19-10-6-2)13-18(20-17)21-11-7-9-15(3)4/h12-13,15,19H,5-11,14H2,1-4H3. The van der Waals surface area contributed by atoms with E-state index in [0.29, 0.717) is 0 Å². The number of hydrogen-bond acceptors (Lipinski definition) is 3. The number of hydrogen-bond donors (Lipinski definition) is 1. The van der Waals surface area contributed by atoms with Gasteiger partial charge in [-0.3, -0.25) is 0 Å². The molecule has 0 atom stereocenters. The Bertz CT molecular complexity index is 391. The van der Waals surface area contributed by atoms with E-state index in [2.05, 4.69) is 50.1 Å². The van der Waals surface area contributed by atoms with Gasteiger partial charge in [-0.2, -0.15) is 0 Å². The molecule has 0 aromatic carbocycles. The third-order valence-electron chi connectivity index (χ3n) is 3.35. The lowest BCUT2D eigenvalue weighted by atomic mass is 10.1. The molecule has 0 spiro atoms. The first-order valence-electron chi connectivity index (χ1n) is 8.49. The minimum Gasteiger partial charge on any atom is -0.478 e. The topological polar surface area (TPSA) is 34.2 Å². The van der Waals surface area contributed by atoms with Crippen molar-refractivity contribution in [2.45, 2.75) is 66.3 Å². The first kappa shape index (κ1) is 18.0. The van der Waals surface area contributed by atoms with Gasteiger partial charge in [0.2, 0.25) is 5.88 Å². The molecule has 0 fully saturated rings. The highest BCUT2D eigenvalue weighted by molar-refractivity contribution is 5.25. The molecule has 0 saturated heterocycles. The summed E-state index contributed by atoms with van der Waals surface area (Å²) < 4.78 is 5.85. The zero-order chi connectivity index (χ0) is 15.5. The van der Waals surface area contributed by atoms with E-state index >= 15 is 0 Å². The van der Waals surface area contributed by atoms with Crippen LogP contribution in [0.4, 0.5) is 0 Å². The number of pyridine rings is 1. The maximum atomic E-state index is 5.85. The van der Waals surface area contributed by atoms with E-state index in [0.717, 1.165) is 62.9 Å². The Labute approximate surface area is 130 Å². The molecule has 120 valence electrons. The number of rotatable bonds is 11. The SMILES string of the molecule is CCCNCc1cc(CCC)nc(OCCCC(C)C)c1. The highest BCUT2D eigenvalue weighted by atomic mass is 16.5. The van der Waals surface area contributed by atoms with Crippen molar-refractivity contribution in [2.24, 2.45) is 5.92 Å². The van der Waals surface area contributed by atoms with Crippen molar-refractivity contribution in [3.63, 3.8) is 0 Å². The molecule has 0 aliphatic carbocycles. The molecule has 0 amide bonds. The first-order chi connectivity index (χ1) is 10.2. The van der Waals surface area contributed by atoms with Crippen LogP contribution in [-0.2, 0) is 13.0 Å². The molecule has 1 aromatic rings. The molecule has 0 saturated carbocycles. The Morgan fingerprint density at radius 3 is 2.67 bits per heavy atom. The second kappa shape index (κ2) is 10.6. The second-order valence-electron chi connectivity index (χ2n) is 6.12. The molecule has 0 unspecified atom stereocenters. The lowest BCUT2D eigenvalue weighted by molar-refractivity contribution is 0.286. The Morgan fingerprint density at radius 2 is 2.00 bits per heavy atom. The second-order valence-corrected chi connectivity index (χ2v) is 6.12. The largest absolute Gasteiger partial charge is 0.478 e. The molecule has 21 heavy (non-hydrogen) atoms. The molecule has 1 N–H and O–H groups in total. The molecule has 3 heteroatoms. The number of aryl methyl sites for hydroxylation is 1. The monoisotopic (exact) mass is 292 g/mol. The van der Waals surface area contributed by atoms with Crippen molar-refractivity contribution in [2.75, 3.05) is 13.2 Å². The van der Waals surface area contributed by atoms with Crippen LogP contribution >= 0.6 is 0 Å². The van der Waals surface area contributed by atoms with Crippen LogP contribution in [0.25, 0.3) is 0 Å². The minimum absolute atomic E-state index is 0.738. The molecule has 1 aromatic heterocycles. The smallest absolute Gasteiger partial charge is 0.213 e. The van der Waals surface area contributed by atoms with Gasteiger partial charge in [0.05, 0.1) is 6.61 Å². The van der Waals surface area contributed by atoms with Crippen LogP contribution in [0.3, 0.4) is 0 Å². The van der Waals surface area contributed by atoms with Crippen LogP contribution in [0.2, 0.25) is 0 Å². The van der Waals surface area contributed by atoms with E-state index < -0.39 is 0 Å². The zero-order valence-electron chi connectivity index (χ0n) is 14.2. The molecule has 0 radical (unpaired) electrons. The Hall–Kier alpha value is -1.09. The van der Waals surface area contributed by atoms with Crippen molar-refractivity contribution in [3.05, 3.63) is 23.4 Å². The van der Waals surface area contributed by atoms with Gasteiger partial charge in [0.15, 0.2) is 0 Å². The Kier molecular flexibility index (Phi) is 9.07. The number of nitrogens with one attached hydrogen (secondary N) is 1. The Morgan fingerprint density at radius 1 is 1.19 bits per heavy atom. The van der Waals surface area contributed by atoms with E-state index in [9.17, 15) is 0 Å². The average Bonchev–Trinajstić information content (AvgIpc) is 2.44. The molecule has 1 heterocycles. The molecule has 0 aliphatic heterocycles. The van der Waals surface area contributed by atoms with Gasteiger partial charge in [-0.15, -0.1) is 0 Å². The number of ether oxygens (including phenoxy) is 1. The van der Waals surface area contributed by atoms with E-state index in [-0.39, 0.29) is 0 Å². The van der Waals surface area contributed by atoms with Crippen LogP contribution in [0.5, 0.6) is 5.88 Å². The van der Waals surface area contributed by atoms with Crippen molar-refractivity contribution in [1.82, 2.24) is 10.3 Å². The molecule has 3 nitrogen and oxygen atoms in total. The molecular weight excluding hydrogens is 260 g/mol. The van der Waals surface area contributed by atoms with Crippen LogP contribution < -0.4 is 10.1 Å². The summed E-state index contributed by atoms with van der Waals surface area (Å²) in [7, 11) is 0. The lowest BCUT2D eigenvalue weighted by Crippen LogP contribution is -2.14. The van der Waals surface area contributed by atoms with E-state index in [4.69, 9.17) is 4.74 Å². The Balaban J connectivity index is 2.58. The highest BCUT2D eigenvalue weighted by Gasteiger charge is 2.04. The third-order valence-corrected chi connectivity index (χ3v) is 3.35. The van der Waals surface area contributed by atoms with Gasteiger partial charge in [0.1, 0.15) is 0 Å². The summed E-state index contributed by atoms with van der Waals surface area (Å²) in [6.45, 7) is 11.6. The summed E-state index contributed by atoms with van der Waals surface area (Å²) in [5.74, 6) is 1.53. The van der Waals surface area contributed by atoms with E-state index in [1.807, 2.05) is 0 Å². The zero-order valence-corrected chi connectivity index (χ0v) is 14.2. The van der Waals surface area contributed by atoms with Gasteiger partial charge in [-0.05, 0) is 49.8 Å². The number of nitrogens with zero attached hydrogens (tertiary/aromatic N) is 1. The van der Waals surface area contributed by atoms with Crippen LogP contribution in [-0.4, -0.2) is 18.1 Å². The molecule has 0 bridgehead atoms. The van der Waals surface area contributed by atoms with Gasteiger partial charge in [0, 0.05) is 18.3 Å². The molecular formula is C18H32N2O. The summed E-state index contributed by atoms with van der Waals surface area (Å²) in [5.41, 5.74) is 2.42. The predicted octanol–water partition coefficient (Wildman–Crippen LogP) is 4.35. The van der Waals surface area contributed by atoms with Crippen molar-refractivity contribution in [1.29, 1.82) is 0 Å². The molecule has 0 aliphatic rings. The summed E-state index contributed by atoms with van der Waals surface area (Å²) in [6, 6.07) is 4.28. The fourth-order valence-electron chi connectivity index (χ4n) is 2.26. The fourth-order valence-corrected chi connectivity index (χ4v) is 2.26. The third kappa shape index (κ3) is 8.05. The predicted molar refractivity (Wildman–Crippen MR) is 89.8 cm³/mol. The minimum atomic E-state index is 0.738. The van der Waals surface area contributed by atoms with Gasteiger partial charge < -0.3 is 10.1 Å². The average molecular weight is 292 g/mol. The normalized spacial score (nSPS) is 11.1. The van der Waals surface area contributed by atoms with E-state index in [1.54, 1.807) is 0 Å². The summed E-state index contributed by atoms with van der Waals surface area (Å²) in [6.07, 6.45) is 5.60. The van der Waals surface area contributed by atoms with Crippen molar-refractivity contribution >= 4 is 0 Å². The molecule has 1 rings (SSSR count). The van der Waals surface area contributed by atoms with Gasteiger partial charge >= 0.3 is 0 Å². The summed E-state index contributed by atoms with van der Waals surface area (Å²) in [5, 5.41) is 3.45. The number of aromatic nitrogens is 1. The van der Waals surface area contributed by atoms with Crippen molar-refractivity contribution < 1.29 is 4.74 Å². The van der Waals surface area contributed by atoms with E-state index in [1.165, 1.54) is 12.0 Å². The summed E-state index contributed by atoms with van der Waals surface area (Å²) in [4.78, 5) is 4.62. The quantitative estimate of drug-likeness (QED) is 0.616. The maximum Gasteiger partial charge on any atom is 0.213 e. The van der Waals surface area contributed by atoms with Crippen molar-refractivity contribution in [3.8, 4) is 5.88 Å². The van der Waals surface area contributed by atoms with Crippen LogP contribution in [0.15, 0.2) is 12.1 Å². The highest BCUT2D eigenvalue weighted by Crippen LogP contribution is 2.15. The maximum absolute atomic E-state index is 5.85. The lowest BCUT2D eigenvalue weighted by Gasteiger charge is -2.11. The van der Waals surface area contributed by atoms with Crippen LogP contribution in [0.1, 0.15) is 64.6 Å². The van der Waals surface area contributed by atoms with Gasteiger partial charge in [0.25, 0.3) is 0 Å². The summed E-state index contributed by atoms with van der Waals surface area (Å²) >= 11 is 0. The van der Waals surface area contributed by atoms with Gasteiger partial charge in [-0.1, -0.05) is 34.1 Å². The van der Waals surface area contributed by atoms with Crippen LogP contribution in [0, 0.1) is 5.92 Å².